The third-order valence-corrected chi connectivity index (χ3v) is 1.40. The third-order valence-electron chi connectivity index (χ3n) is 1.40. The second-order valence-corrected chi connectivity index (χ2v) is 2.58. The summed E-state index contributed by atoms with van der Waals surface area (Å²) in [7, 11) is 0. The molecule has 0 saturated heterocycles. The van der Waals surface area contributed by atoms with Gasteiger partial charge in [0.15, 0.2) is 0 Å². The maximum absolute atomic E-state index is 11.3. The molecule has 1 heterocycles. The van der Waals surface area contributed by atoms with E-state index >= 15 is 0 Å². The summed E-state index contributed by atoms with van der Waals surface area (Å²) in [5, 5.41) is 12.1. The highest BCUT2D eigenvalue weighted by atomic mass is 16.7. The summed E-state index contributed by atoms with van der Waals surface area (Å²) < 4.78 is 4.68. The van der Waals surface area contributed by atoms with Crippen molar-refractivity contribution in [2.45, 2.75) is 6.92 Å². The van der Waals surface area contributed by atoms with Crippen LogP contribution in [0.1, 0.15) is 16.1 Å². The van der Waals surface area contributed by atoms with E-state index in [1.807, 2.05) is 0 Å². The summed E-state index contributed by atoms with van der Waals surface area (Å²) >= 11 is 0. The van der Waals surface area contributed by atoms with E-state index in [0.717, 1.165) is 0 Å². The monoisotopic (exact) mass is 198 g/mol. The van der Waals surface area contributed by atoms with Crippen LogP contribution >= 0.6 is 0 Å². The molecule has 1 rings (SSSR count). The van der Waals surface area contributed by atoms with Crippen LogP contribution in [0.15, 0.2) is 23.1 Å². The van der Waals surface area contributed by atoms with Crippen LogP contribution in [0.3, 0.4) is 0 Å². The predicted octanol–water partition coefficient (Wildman–Crippen LogP) is 0.716. The van der Waals surface area contributed by atoms with Crippen molar-refractivity contribution in [3.8, 4) is 0 Å². The van der Waals surface area contributed by atoms with Crippen LogP contribution in [0.5, 0.6) is 0 Å². The first kappa shape index (κ1) is 10.3. The Morgan fingerprint density at radius 1 is 1.86 bits per heavy atom. The maximum Gasteiger partial charge on any atom is 0.280 e. The van der Waals surface area contributed by atoms with E-state index < -0.39 is 5.91 Å². The number of hydroxylamine groups is 1. The fourth-order valence-corrected chi connectivity index (χ4v) is 0.757. The van der Waals surface area contributed by atoms with Crippen LogP contribution in [0.4, 0.5) is 0 Å². The highest BCUT2D eigenvalue weighted by Crippen LogP contribution is 2.04. The van der Waals surface area contributed by atoms with Crippen molar-refractivity contribution in [1.82, 2.24) is 10.6 Å². The minimum absolute atomic E-state index is 0.157. The number of amides is 1. The standard InChI is InChI=1S/C8H10N2O4/c1-5(11)4-13-10-8(12)7-3-9-14-6(7)2/h3,11H,1,4H2,2H3,(H,10,12). The van der Waals surface area contributed by atoms with E-state index in [2.05, 4.69) is 26.6 Å². The Hall–Kier alpha value is -1.82. The molecule has 2 N–H and O–H groups in total. The van der Waals surface area contributed by atoms with Crippen LogP contribution in [-0.2, 0) is 4.84 Å². The second-order valence-electron chi connectivity index (χ2n) is 2.58. The van der Waals surface area contributed by atoms with Crippen molar-refractivity contribution in [2.75, 3.05) is 6.61 Å². The van der Waals surface area contributed by atoms with Gasteiger partial charge in [0.25, 0.3) is 5.91 Å². The average Bonchev–Trinajstić information content (AvgIpc) is 2.50. The van der Waals surface area contributed by atoms with Crippen molar-refractivity contribution >= 4 is 5.91 Å². The summed E-state index contributed by atoms with van der Waals surface area (Å²) in [6, 6.07) is 0. The van der Waals surface area contributed by atoms with Crippen LogP contribution in [-0.4, -0.2) is 22.8 Å². The molecule has 1 aromatic heterocycles. The zero-order chi connectivity index (χ0) is 10.6. The summed E-state index contributed by atoms with van der Waals surface area (Å²) in [6.45, 7) is 4.63. The highest BCUT2D eigenvalue weighted by Gasteiger charge is 2.12. The minimum atomic E-state index is -0.481. The lowest BCUT2D eigenvalue weighted by Crippen LogP contribution is -2.24. The van der Waals surface area contributed by atoms with E-state index in [0.29, 0.717) is 5.76 Å². The van der Waals surface area contributed by atoms with Gasteiger partial charge in [-0.25, -0.2) is 5.48 Å². The number of hydrogen-bond acceptors (Lipinski definition) is 5. The smallest absolute Gasteiger partial charge is 0.280 e. The van der Waals surface area contributed by atoms with Gasteiger partial charge in [-0.3, -0.25) is 9.63 Å². The number of aryl methyl sites for hydroxylation is 1. The van der Waals surface area contributed by atoms with Crippen molar-refractivity contribution in [3.05, 3.63) is 29.9 Å². The molecule has 0 bridgehead atoms. The summed E-state index contributed by atoms with van der Waals surface area (Å²) in [5.41, 5.74) is 2.38. The Labute approximate surface area is 80.1 Å². The highest BCUT2D eigenvalue weighted by molar-refractivity contribution is 5.93. The molecule has 0 aliphatic rings. The van der Waals surface area contributed by atoms with Gasteiger partial charge in [-0.2, -0.15) is 0 Å². The fourth-order valence-electron chi connectivity index (χ4n) is 0.757. The molecule has 0 saturated carbocycles. The van der Waals surface area contributed by atoms with Crippen molar-refractivity contribution in [1.29, 1.82) is 0 Å². The summed E-state index contributed by atoms with van der Waals surface area (Å²) in [5.74, 6) is -0.258. The van der Waals surface area contributed by atoms with Gasteiger partial charge in [0.1, 0.15) is 23.7 Å². The lowest BCUT2D eigenvalue weighted by atomic mass is 10.3. The number of hydrogen-bond donors (Lipinski definition) is 2. The quantitative estimate of drug-likeness (QED) is 0.550. The SMILES string of the molecule is C=C(O)CONC(=O)c1cnoc1C. The molecule has 14 heavy (non-hydrogen) atoms. The van der Waals surface area contributed by atoms with Gasteiger partial charge in [0.2, 0.25) is 0 Å². The van der Waals surface area contributed by atoms with E-state index in [9.17, 15) is 4.79 Å². The van der Waals surface area contributed by atoms with E-state index in [1.165, 1.54) is 6.20 Å². The van der Waals surface area contributed by atoms with Gasteiger partial charge < -0.3 is 9.63 Å². The Balaban J connectivity index is 2.44. The maximum atomic E-state index is 11.3. The Morgan fingerprint density at radius 2 is 2.57 bits per heavy atom. The van der Waals surface area contributed by atoms with Crippen LogP contribution < -0.4 is 5.48 Å². The zero-order valence-electron chi connectivity index (χ0n) is 7.61. The minimum Gasteiger partial charge on any atom is -0.510 e. The van der Waals surface area contributed by atoms with Gasteiger partial charge in [-0.05, 0) is 6.92 Å². The predicted molar refractivity (Wildman–Crippen MR) is 46.4 cm³/mol. The van der Waals surface area contributed by atoms with Gasteiger partial charge in [-0.15, -0.1) is 0 Å². The van der Waals surface area contributed by atoms with Crippen molar-refractivity contribution in [2.24, 2.45) is 0 Å². The zero-order valence-corrected chi connectivity index (χ0v) is 7.61. The summed E-state index contributed by atoms with van der Waals surface area (Å²) in [6.07, 6.45) is 1.28. The summed E-state index contributed by atoms with van der Waals surface area (Å²) in [4.78, 5) is 15.9. The van der Waals surface area contributed by atoms with Crippen molar-refractivity contribution in [3.63, 3.8) is 0 Å². The second kappa shape index (κ2) is 4.43. The molecule has 0 fully saturated rings. The number of aromatic nitrogens is 1. The lowest BCUT2D eigenvalue weighted by molar-refractivity contribution is 0.0316. The molecule has 0 aliphatic heterocycles. The largest absolute Gasteiger partial charge is 0.510 e. The van der Waals surface area contributed by atoms with Crippen LogP contribution in [0.25, 0.3) is 0 Å². The van der Waals surface area contributed by atoms with Crippen LogP contribution in [0, 0.1) is 6.92 Å². The average molecular weight is 198 g/mol. The first-order valence-corrected chi connectivity index (χ1v) is 3.81. The number of nitrogens with one attached hydrogen (secondary N) is 1. The molecule has 0 atom stereocenters. The van der Waals surface area contributed by atoms with E-state index in [1.54, 1.807) is 6.92 Å². The lowest BCUT2D eigenvalue weighted by Gasteiger charge is -2.02. The number of carbonyl (C=O) groups is 1. The van der Waals surface area contributed by atoms with Gasteiger partial charge >= 0.3 is 0 Å². The topological polar surface area (TPSA) is 84.6 Å². The number of rotatable bonds is 4. The molecule has 6 nitrogen and oxygen atoms in total. The number of carbonyl (C=O) groups excluding carboxylic acids is 1. The Bertz CT molecular complexity index is 345. The molecule has 1 aromatic rings. The van der Waals surface area contributed by atoms with Gasteiger partial charge in [-0.1, -0.05) is 11.7 Å². The number of aliphatic hydroxyl groups is 1. The fraction of sp³-hybridized carbons (Fsp3) is 0.250. The molecule has 0 unspecified atom stereocenters. The molecule has 76 valence electrons. The van der Waals surface area contributed by atoms with Crippen molar-refractivity contribution < 1.29 is 19.3 Å². The van der Waals surface area contributed by atoms with Crippen LogP contribution in [0.2, 0.25) is 0 Å². The molecule has 0 radical (unpaired) electrons. The Morgan fingerprint density at radius 3 is 3.07 bits per heavy atom. The molecule has 0 aromatic carbocycles. The first-order chi connectivity index (χ1) is 6.61. The van der Waals surface area contributed by atoms with Gasteiger partial charge in [0.05, 0.1) is 6.20 Å². The molecule has 1 amide bonds. The normalized spacial score (nSPS) is 9.79. The van der Waals surface area contributed by atoms with E-state index in [-0.39, 0.29) is 17.9 Å². The third kappa shape index (κ3) is 2.60. The molecule has 0 spiro atoms. The number of nitrogens with zero attached hydrogens (tertiary/aromatic N) is 1. The molecular weight excluding hydrogens is 188 g/mol. The Kier molecular flexibility index (Phi) is 3.24. The van der Waals surface area contributed by atoms with Gasteiger partial charge in [0, 0.05) is 0 Å². The van der Waals surface area contributed by atoms with E-state index in [4.69, 9.17) is 5.11 Å². The molecule has 0 aliphatic carbocycles. The molecule has 6 heteroatoms. The first-order valence-electron chi connectivity index (χ1n) is 3.81. The number of aliphatic hydroxyl groups excluding tert-OH is 1. The molecular formula is C8H10N2O4.